The van der Waals surface area contributed by atoms with E-state index in [1.807, 2.05) is 29.6 Å². The van der Waals surface area contributed by atoms with Crippen molar-refractivity contribution in [3.63, 3.8) is 0 Å². The van der Waals surface area contributed by atoms with Crippen molar-refractivity contribution in [1.82, 2.24) is 19.7 Å². The van der Waals surface area contributed by atoms with Gasteiger partial charge in [-0.3, -0.25) is 9.48 Å². The lowest BCUT2D eigenvalue weighted by molar-refractivity contribution is -0.133. The van der Waals surface area contributed by atoms with Crippen LogP contribution < -0.4 is 4.74 Å². The van der Waals surface area contributed by atoms with Crippen LogP contribution in [0.1, 0.15) is 71.8 Å². The van der Waals surface area contributed by atoms with E-state index in [1.54, 1.807) is 4.90 Å². The normalized spacial score (nSPS) is 17.7. The number of halogens is 4. The average Bonchev–Trinajstić information content (AvgIpc) is 3.72. The summed E-state index contributed by atoms with van der Waals surface area (Å²) in [5.74, 6) is 2.77. The number of alkyl halides is 4. The molecule has 0 spiro atoms. The van der Waals surface area contributed by atoms with Crippen LogP contribution in [0.2, 0.25) is 0 Å². The molecule has 0 N–H and O–H groups in total. The Morgan fingerprint density at radius 3 is 2.70 bits per heavy atom. The molecule has 0 radical (unpaired) electrons. The summed E-state index contributed by atoms with van der Waals surface area (Å²) < 4.78 is 58.7. The third-order valence-electron chi connectivity index (χ3n) is 6.82. The molecule has 1 atom stereocenters. The monoisotopic (exact) mass is 575 g/mol. The van der Waals surface area contributed by atoms with Crippen molar-refractivity contribution in [3.8, 4) is 18.1 Å². The summed E-state index contributed by atoms with van der Waals surface area (Å²) in [6.45, 7) is 0.422. The fourth-order valence-corrected chi connectivity index (χ4v) is 5.77. The van der Waals surface area contributed by atoms with Gasteiger partial charge in [0, 0.05) is 36.4 Å². The Balaban J connectivity index is 1.16. The number of para-hydroxylation sites is 1. The smallest absolute Gasteiger partial charge is 0.282 e. The van der Waals surface area contributed by atoms with Crippen LogP contribution in [0.3, 0.4) is 0 Å². The molecule has 2 aromatic heterocycles. The van der Waals surface area contributed by atoms with Gasteiger partial charge in [-0.05, 0) is 25.0 Å². The number of rotatable bonds is 9. The first-order chi connectivity index (χ1) is 19.3. The molecule has 1 unspecified atom stereocenters. The van der Waals surface area contributed by atoms with E-state index in [2.05, 4.69) is 16.2 Å². The van der Waals surface area contributed by atoms with Crippen molar-refractivity contribution >= 4 is 23.0 Å². The molecule has 3 aromatic rings. The minimum Gasteiger partial charge on any atom is -0.481 e. The second-order valence-corrected chi connectivity index (χ2v) is 10.2. The van der Waals surface area contributed by atoms with E-state index in [0.717, 1.165) is 22.0 Å². The van der Waals surface area contributed by atoms with Crippen LogP contribution >= 0.6 is 11.3 Å². The maximum atomic E-state index is 13.3. The summed E-state index contributed by atoms with van der Waals surface area (Å²) in [4.78, 5) is 24.8. The highest BCUT2D eigenvalue weighted by atomic mass is 32.1. The van der Waals surface area contributed by atoms with Crippen LogP contribution in [0.25, 0.3) is 0 Å². The molecule has 2 aliphatic rings. The molecule has 2 aliphatic heterocycles. The lowest BCUT2D eigenvalue weighted by Crippen LogP contribution is -2.40. The largest absolute Gasteiger partial charge is 0.481 e. The van der Waals surface area contributed by atoms with Crippen LogP contribution in [0.5, 0.6) is 5.75 Å². The fraction of sp³-hybridized carbons (Fsp3) is 0.407. The standard InChI is InChI=1S/C27H25F4N5O3S/c1-2-11-38-22-6-4-3-5-17(22)23-13-18(34-39-23)20-15-40-27(32-20)16-7-9-35(10-8-16)24(37)14-36-21(26(30)31)12-19(33-36)25(28)29/h1,3-6,12,15-16,23,25-26H,7-11,13-14H2. The van der Waals surface area contributed by atoms with E-state index in [4.69, 9.17) is 21.0 Å². The van der Waals surface area contributed by atoms with E-state index in [1.165, 1.54) is 11.3 Å². The van der Waals surface area contributed by atoms with Gasteiger partial charge in [-0.2, -0.15) is 5.10 Å². The van der Waals surface area contributed by atoms with Crippen molar-refractivity contribution < 1.29 is 31.9 Å². The number of nitrogens with zero attached hydrogens (tertiary/aromatic N) is 5. The van der Waals surface area contributed by atoms with E-state index in [0.29, 0.717) is 48.8 Å². The van der Waals surface area contributed by atoms with Crippen LogP contribution in [0.4, 0.5) is 17.6 Å². The fourth-order valence-electron chi connectivity index (χ4n) is 4.77. The van der Waals surface area contributed by atoms with E-state index in [-0.39, 0.29) is 18.6 Å². The second-order valence-electron chi connectivity index (χ2n) is 9.35. The van der Waals surface area contributed by atoms with Gasteiger partial charge < -0.3 is 14.5 Å². The Kier molecular flexibility index (Phi) is 8.35. The highest BCUT2D eigenvalue weighted by molar-refractivity contribution is 7.10. The second kappa shape index (κ2) is 12.1. The summed E-state index contributed by atoms with van der Waals surface area (Å²) in [5.41, 5.74) is 0.843. The molecule has 1 saturated heterocycles. The number of terminal acetylenes is 1. The first-order valence-electron chi connectivity index (χ1n) is 12.6. The summed E-state index contributed by atoms with van der Waals surface area (Å²) >= 11 is 1.51. The minimum atomic E-state index is -3.01. The Bertz CT molecular complexity index is 1430. The quantitative estimate of drug-likeness (QED) is 0.249. The molecule has 210 valence electrons. The van der Waals surface area contributed by atoms with Crippen molar-refractivity contribution in [2.45, 2.75) is 50.7 Å². The zero-order valence-electron chi connectivity index (χ0n) is 21.2. The number of aromatic nitrogens is 3. The number of amides is 1. The van der Waals surface area contributed by atoms with Gasteiger partial charge >= 0.3 is 0 Å². The molecule has 5 rings (SSSR count). The first kappa shape index (κ1) is 27.6. The Labute approximate surface area is 231 Å². The minimum absolute atomic E-state index is 0.117. The molecular formula is C27H25F4N5O3S. The number of hydrogen-bond donors (Lipinski definition) is 0. The van der Waals surface area contributed by atoms with Crippen LogP contribution in [-0.4, -0.2) is 51.0 Å². The number of benzene rings is 1. The maximum Gasteiger partial charge on any atom is 0.282 e. The van der Waals surface area contributed by atoms with Gasteiger partial charge in [-0.1, -0.05) is 29.3 Å². The van der Waals surface area contributed by atoms with Gasteiger partial charge in [0.2, 0.25) is 5.91 Å². The molecule has 8 nitrogen and oxygen atoms in total. The van der Waals surface area contributed by atoms with Gasteiger partial charge in [-0.25, -0.2) is 22.5 Å². The zero-order valence-corrected chi connectivity index (χ0v) is 22.0. The third-order valence-corrected chi connectivity index (χ3v) is 7.83. The Morgan fingerprint density at radius 2 is 1.98 bits per heavy atom. The highest BCUT2D eigenvalue weighted by Crippen LogP contribution is 2.36. The number of carbonyl (C=O) groups is 1. The predicted octanol–water partition coefficient (Wildman–Crippen LogP) is 5.50. The van der Waals surface area contributed by atoms with Crippen molar-refractivity contribution in [1.29, 1.82) is 0 Å². The Morgan fingerprint density at radius 1 is 1.20 bits per heavy atom. The zero-order chi connectivity index (χ0) is 28.2. The maximum absolute atomic E-state index is 13.3. The van der Waals surface area contributed by atoms with Gasteiger partial charge in [0.15, 0.2) is 6.10 Å². The number of oxime groups is 1. The number of carbonyl (C=O) groups excluding carboxylic acids is 1. The first-order valence-corrected chi connectivity index (χ1v) is 13.5. The van der Waals surface area contributed by atoms with E-state index in [9.17, 15) is 22.4 Å². The van der Waals surface area contributed by atoms with Gasteiger partial charge in [0.25, 0.3) is 12.9 Å². The SMILES string of the molecule is C#CCOc1ccccc1C1CC(c2csc(C3CCN(C(=O)Cn4nc(C(F)F)cc4C(F)F)CC3)n2)=NO1. The molecule has 0 saturated carbocycles. The summed E-state index contributed by atoms with van der Waals surface area (Å²) in [6, 6.07) is 8.14. The summed E-state index contributed by atoms with van der Waals surface area (Å²) in [6.07, 6.45) is 0.770. The molecule has 1 fully saturated rings. The average molecular weight is 576 g/mol. The van der Waals surface area contributed by atoms with Crippen molar-refractivity contribution in [2.75, 3.05) is 19.7 Å². The van der Waals surface area contributed by atoms with Gasteiger partial charge in [0.05, 0.1) is 10.7 Å². The number of hydrogen-bond acceptors (Lipinski definition) is 7. The lowest BCUT2D eigenvalue weighted by Gasteiger charge is -2.31. The summed E-state index contributed by atoms with van der Waals surface area (Å²) in [5, 5.41) is 10.6. The lowest BCUT2D eigenvalue weighted by atomic mass is 9.97. The molecular weight excluding hydrogens is 550 g/mol. The van der Waals surface area contributed by atoms with E-state index < -0.39 is 36.7 Å². The number of likely N-dealkylation sites (tertiary alicyclic amines) is 1. The molecule has 4 heterocycles. The highest BCUT2D eigenvalue weighted by Gasteiger charge is 2.31. The van der Waals surface area contributed by atoms with Crippen LogP contribution in [-0.2, 0) is 16.2 Å². The molecule has 0 aliphatic carbocycles. The molecule has 13 heteroatoms. The van der Waals surface area contributed by atoms with Gasteiger partial charge in [0.1, 0.15) is 36.0 Å². The molecule has 1 amide bonds. The molecule has 0 bridgehead atoms. The van der Waals surface area contributed by atoms with Crippen LogP contribution in [0, 0.1) is 12.3 Å². The predicted molar refractivity (Wildman–Crippen MR) is 139 cm³/mol. The number of thiazole rings is 1. The van der Waals surface area contributed by atoms with Crippen molar-refractivity contribution in [2.24, 2.45) is 5.16 Å². The topological polar surface area (TPSA) is 81.8 Å². The molecule has 40 heavy (non-hydrogen) atoms. The third kappa shape index (κ3) is 5.96. The van der Waals surface area contributed by atoms with Crippen LogP contribution in [0.15, 0.2) is 40.9 Å². The Hall–Kier alpha value is -3.92. The number of piperidine rings is 1. The van der Waals surface area contributed by atoms with Gasteiger partial charge in [-0.15, -0.1) is 17.8 Å². The van der Waals surface area contributed by atoms with Crippen molar-refractivity contribution in [3.05, 3.63) is 63.4 Å². The van der Waals surface area contributed by atoms with E-state index >= 15 is 0 Å². The summed E-state index contributed by atoms with van der Waals surface area (Å²) in [7, 11) is 0. The number of ether oxygens (including phenoxy) is 1. The molecule has 1 aromatic carbocycles.